The Hall–Kier alpha value is -5.17. The third kappa shape index (κ3) is 5.75. The summed E-state index contributed by atoms with van der Waals surface area (Å²) in [6, 6.07) is 8.37. The zero-order valence-electron chi connectivity index (χ0n) is 20.1. The average molecular weight is 605 g/mol. The topological polar surface area (TPSA) is 254 Å². The number of nitrogens with one attached hydrogen (secondary N) is 1. The van der Waals surface area contributed by atoms with Gasteiger partial charge in [-0.15, -0.1) is 0 Å². The van der Waals surface area contributed by atoms with Crippen LogP contribution in [0.5, 0.6) is 0 Å². The van der Waals surface area contributed by atoms with Crippen molar-refractivity contribution in [3.8, 4) is 5.69 Å². The van der Waals surface area contributed by atoms with Crippen molar-refractivity contribution in [3.05, 3.63) is 87.9 Å². The fourth-order valence-electron chi connectivity index (χ4n) is 3.67. The van der Waals surface area contributed by atoms with Gasteiger partial charge in [0.05, 0.1) is 32.3 Å². The molecular weight excluding hydrogens is 588 g/mol. The average Bonchev–Trinajstić information content (AvgIpc) is 3.40. The van der Waals surface area contributed by atoms with Gasteiger partial charge in [-0.05, 0) is 60.7 Å². The summed E-state index contributed by atoms with van der Waals surface area (Å²) < 4.78 is 64.1. The summed E-state index contributed by atoms with van der Waals surface area (Å²) in [5, 5.41) is 25.9. The highest BCUT2D eigenvalue weighted by atomic mass is 32.2. The molecule has 41 heavy (non-hydrogen) atoms. The van der Waals surface area contributed by atoms with Crippen molar-refractivity contribution in [1.29, 1.82) is 0 Å². The molecule has 2 heterocycles. The number of H-pyrrole nitrogens is 1. The number of aliphatic carboxylic acids is 1. The third-order valence-electron chi connectivity index (χ3n) is 5.52. The minimum absolute atomic E-state index is 0.0202. The molecule has 3 aromatic rings. The molecule has 1 aliphatic rings. The lowest BCUT2D eigenvalue weighted by molar-refractivity contribution is -0.129. The van der Waals surface area contributed by atoms with Crippen molar-refractivity contribution in [3.63, 3.8) is 0 Å². The molecule has 0 spiro atoms. The van der Waals surface area contributed by atoms with E-state index in [1.807, 2.05) is 0 Å². The van der Waals surface area contributed by atoms with Crippen LogP contribution in [0.2, 0.25) is 0 Å². The van der Waals surface area contributed by atoms with E-state index in [0.29, 0.717) is 5.01 Å². The Morgan fingerprint density at radius 3 is 1.78 bits per heavy atom. The second kappa shape index (κ2) is 10.4. The van der Waals surface area contributed by atoms with Crippen LogP contribution in [0, 0.1) is 0 Å². The Kier molecular flexibility index (Phi) is 7.33. The number of aromatic carboxylic acids is 1. The number of carboxylic acids is 2. The second-order valence-corrected chi connectivity index (χ2v) is 10.9. The molecule has 18 heteroatoms. The fraction of sp³-hybridized carbons (Fsp3) is 0. The molecule has 0 saturated carbocycles. The zero-order valence-corrected chi connectivity index (χ0v) is 21.7. The monoisotopic (exact) mass is 604 g/mol. The molecule has 0 bridgehead atoms. The van der Waals surface area contributed by atoms with Gasteiger partial charge in [-0.25, -0.2) is 14.3 Å². The number of carbonyl (C=O) groups is 3. The highest BCUT2D eigenvalue weighted by Gasteiger charge is 2.35. The first-order valence-corrected chi connectivity index (χ1v) is 13.8. The smallest absolute Gasteiger partial charge is 0.357 e. The Morgan fingerprint density at radius 2 is 1.32 bits per heavy atom. The summed E-state index contributed by atoms with van der Waals surface area (Å²) in [4.78, 5) is 48.2. The molecule has 1 aromatic heterocycles. The largest absolute Gasteiger partial charge is 0.476 e. The Morgan fingerprint density at radius 1 is 0.805 bits per heavy atom. The van der Waals surface area contributed by atoms with Crippen molar-refractivity contribution in [1.82, 2.24) is 9.78 Å². The number of aromatic nitrogens is 2. The number of nitrogens with zero attached hydrogens (tertiary/aromatic N) is 3. The fourth-order valence-corrected chi connectivity index (χ4v) is 4.63. The summed E-state index contributed by atoms with van der Waals surface area (Å²) in [5.41, 5.74) is -3.08. The molecule has 16 nitrogen and oxygen atoms in total. The molecule has 0 aliphatic carbocycles. The number of carboxylic acid groups (broad SMARTS) is 2. The molecule has 0 unspecified atom stereocenters. The number of amides is 1. The van der Waals surface area contributed by atoms with Gasteiger partial charge in [0.1, 0.15) is 0 Å². The minimum Gasteiger partial charge on any atom is -0.476 e. The Labute approximate surface area is 229 Å². The van der Waals surface area contributed by atoms with Gasteiger partial charge in [0.15, 0.2) is 11.4 Å². The first-order valence-electron chi connectivity index (χ1n) is 10.9. The third-order valence-corrected chi connectivity index (χ3v) is 7.25. The predicted octanol–water partition coefficient (Wildman–Crippen LogP) is 0.784. The number of allylic oxidation sites excluding steroid dienone is 2. The van der Waals surface area contributed by atoms with Crippen LogP contribution in [0.3, 0.4) is 0 Å². The first-order chi connectivity index (χ1) is 19.1. The molecule has 212 valence electrons. The van der Waals surface area contributed by atoms with Gasteiger partial charge in [-0.3, -0.25) is 23.8 Å². The molecule has 1 amide bonds. The molecule has 0 fully saturated rings. The Bertz CT molecular complexity index is 1970. The van der Waals surface area contributed by atoms with E-state index in [2.05, 4.69) is 10.2 Å². The minimum atomic E-state index is -4.53. The van der Waals surface area contributed by atoms with E-state index in [-0.39, 0.29) is 11.4 Å². The molecule has 2 aromatic carbocycles. The molecule has 0 saturated heterocycles. The van der Waals surface area contributed by atoms with Gasteiger partial charge < -0.3 is 10.2 Å². The van der Waals surface area contributed by atoms with Crippen molar-refractivity contribution < 1.29 is 50.5 Å². The van der Waals surface area contributed by atoms with Crippen LogP contribution in [-0.2, 0) is 29.8 Å². The molecular formula is C23H16N4O12S2. The van der Waals surface area contributed by atoms with Gasteiger partial charge in [-0.2, -0.15) is 26.9 Å². The van der Waals surface area contributed by atoms with Crippen LogP contribution in [0.1, 0.15) is 16.1 Å². The van der Waals surface area contributed by atoms with E-state index in [1.54, 1.807) is 0 Å². The van der Waals surface area contributed by atoms with Gasteiger partial charge in [-0.1, -0.05) is 6.08 Å². The maximum atomic E-state index is 12.9. The van der Waals surface area contributed by atoms with Gasteiger partial charge in [0.25, 0.3) is 31.7 Å². The van der Waals surface area contributed by atoms with E-state index >= 15 is 0 Å². The molecule has 4 rings (SSSR count). The number of rotatable bonds is 8. The maximum Gasteiger partial charge on any atom is 0.357 e. The van der Waals surface area contributed by atoms with E-state index in [9.17, 15) is 46.2 Å². The number of hydrazone groups is 1. The standard InChI is InChI=1S/C23H16N4O12S2/c28-20-17(19(23(32)33)26(25-20)12-4-8-14(9-5-12)40(34,35)36)3-1-2-16-18(22(30)31)24-27(21(16)29)13-6-10-15(11-7-13)41(37,38)39/h1-11H,(H,25,28)(H,30,31)(H,32,33)(H,34,35,36)(H,37,38,39)/b3-1+,16-2-. The summed E-state index contributed by atoms with van der Waals surface area (Å²) in [5.74, 6) is -4.12. The number of benzene rings is 2. The van der Waals surface area contributed by atoms with Crippen LogP contribution < -0.4 is 10.6 Å². The van der Waals surface area contributed by atoms with Crippen LogP contribution in [0.4, 0.5) is 5.69 Å². The number of aromatic amines is 1. The normalized spacial score (nSPS) is 15.1. The Balaban J connectivity index is 1.70. The van der Waals surface area contributed by atoms with Crippen molar-refractivity contribution in [2.75, 3.05) is 5.01 Å². The van der Waals surface area contributed by atoms with E-state index in [1.165, 1.54) is 0 Å². The van der Waals surface area contributed by atoms with E-state index in [4.69, 9.17) is 9.11 Å². The van der Waals surface area contributed by atoms with Crippen LogP contribution in [-0.4, -0.2) is 69.5 Å². The summed E-state index contributed by atoms with van der Waals surface area (Å²) >= 11 is 0. The number of hydrogen-bond acceptors (Lipinski definition) is 9. The molecule has 5 N–H and O–H groups in total. The summed E-state index contributed by atoms with van der Waals surface area (Å²) in [6.07, 6.45) is 3.01. The molecule has 1 aliphatic heterocycles. The molecule has 0 atom stereocenters. The second-order valence-electron chi connectivity index (χ2n) is 8.09. The number of carbonyl (C=O) groups excluding carboxylic acids is 1. The highest BCUT2D eigenvalue weighted by molar-refractivity contribution is 7.86. The summed E-state index contributed by atoms with van der Waals surface area (Å²) in [7, 11) is -9.05. The van der Waals surface area contributed by atoms with Crippen LogP contribution in [0.15, 0.2) is 85.9 Å². The van der Waals surface area contributed by atoms with Crippen LogP contribution >= 0.6 is 0 Å². The zero-order chi connectivity index (χ0) is 30.3. The predicted molar refractivity (Wildman–Crippen MR) is 139 cm³/mol. The van der Waals surface area contributed by atoms with Gasteiger partial charge >= 0.3 is 11.9 Å². The van der Waals surface area contributed by atoms with Crippen LogP contribution in [0.25, 0.3) is 11.8 Å². The van der Waals surface area contributed by atoms with E-state index < -0.39 is 76.0 Å². The maximum absolute atomic E-state index is 12.9. The quantitative estimate of drug-likeness (QED) is 0.177. The van der Waals surface area contributed by atoms with E-state index in [0.717, 1.165) is 71.4 Å². The van der Waals surface area contributed by atoms with Crippen molar-refractivity contribution in [2.24, 2.45) is 5.10 Å². The van der Waals surface area contributed by atoms with Crippen molar-refractivity contribution in [2.45, 2.75) is 9.79 Å². The first kappa shape index (κ1) is 28.8. The lowest BCUT2D eigenvalue weighted by Crippen LogP contribution is -2.22. The lowest BCUT2D eigenvalue weighted by atomic mass is 10.1. The molecule has 0 radical (unpaired) electrons. The van der Waals surface area contributed by atoms with Gasteiger partial charge in [0, 0.05) is 0 Å². The van der Waals surface area contributed by atoms with Crippen molar-refractivity contribution >= 4 is 55.6 Å². The highest BCUT2D eigenvalue weighted by Crippen LogP contribution is 2.25. The van der Waals surface area contributed by atoms with Gasteiger partial charge in [0.2, 0.25) is 0 Å². The SMILES string of the molecule is O=C(O)C1=NN(c2ccc(S(=O)(=O)O)cc2)C(=O)/C1=C\C=C\c1c(C(=O)O)n(-c2ccc(S(=O)(=O)O)cc2)[nH]c1=O. The lowest BCUT2D eigenvalue weighted by Gasteiger charge is -2.11. The number of hydrogen-bond donors (Lipinski definition) is 5. The summed E-state index contributed by atoms with van der Waals surface area (Å²) in [6.45, 7) is 0. The number of anilines is 1.